The predicted octanol–water partition coefficient (Wildman–Crippen LogP) is 2.79. The average molecular weight is 489 g/mol. The fourth-order valence-electron chi connectivity index (χ4n) is 3.76. The van der Waals surface area contributed by atoms with E-state index in [0.717, 1.165) is 20.9 Å². The molecule has 1 amide bonds. The standard InChI is InChI=1S/C23H28N4O4S2/c1-17-4-5-22(32-17)19-12-20(23(28)25(2)7-6-18-15-24-26(3)16-18)14-21(13-19)33(29,30)27-8-10-31-11-9-27/h4-5,12-16H,6-11H2,1-3H3. The number of rotatable bonds is 7. The Bertz CT molecular complexity index is 1240. The number of carbonyl (C=O) groups excluding carboxylic acids is 1. The van der Waals surface area contributed by atoms with Gasteiger partial charge < -0.3 is 9.64 Å². The van der Waals surface area contributed by atoms with Crippen LogP contribution in [0, 0.1) is 6.92 Å². The van der Waals surface area contributed by atoms with E-state index in [9.17, 15) is 13.2 Å². The largest absolute Gasteiger partial charge is 0.379 e. The Kier molecular flexibility index (Phi) is 6.99. The average Bonchev–Trinajstić information content (AvgIpc) is 3.45. The SMILES string of the molecule is Cc1ccc(-c2cc(C(=O)N(C)CCc3cnn(C)c3)cc(S(=O)(=O)N3CCOCC3)c2)s1. The number of thiophene rings is 1. The number of morpholine rings is 1. The van der Waals surface area contributed by atoms with Gasteiger partial charge in [0.2, 0.25) is 10.0 Å². The second-order valence-electron chi connectivity index (χ2n) is 8.17. The van der Waals surface area contributed by atoms with Gasteiger partial charge in [-0.3, -0.25) is 9.48 Å². The molecule has 0 aliphatic carbocycles. The molecule has 1 fully saturated rings. The van der Waals surface area contributed by atoms with Crippen molar-refractivity contribution in [1.82, 2.24) is 19.0 Å². The van der Waals surface area contributed by atoms with Crippen LogP contribution in [0.3, 0.4) is 0 Å². The summed E-state index contributed by atoms with van der Waals surface area (Å²) in [6, 6.07) is 8.90. The summed E-state index contributed by atoms with van der Waals surface area (Å²) in [5.41, 5.74) is 2.13. The van der Waals surface area contributed by atoms with Crippen LogP contribution in [0.5, 0.6) is 0 Å². The molecule has 2 aromatic heterocycles. The van der Waals surface area contributed by atoms with Crippen molar-refractivity contribution < 1.29 is 17.9 Å². The number of carbonyl (C=O) groups is 1. The number of likely N-dealkylation sites (N-methyl/N-ethyl adjacent to an activating group) is 1. The molecule has 0 spiro atoms. The van der Waals surface area contributed by atoms with E-state index in [4.69, 9.17) is 4.74 Å². The predicted molar refractivity (Wildman–Crippen MR) is 128 cm³/mol. The molecule has 8 nitrogen and oxygen atoms in total. The van der Waals surface area contributed by atoms with Crippen LogP contribution in [-0.2, 0) is 28.2 Å². The highest BCUT2D eigenvalue weighted by Gasteiger charge is 2.28. The fraction of sp³-hybridized carbons (Fsp3) is 0.391. The van der Waals surface area contributed by atoms with Crippen molar-refractivity contribution in [3.05, 3.63) is 58.7 Å². The van der Waals surface area contributed by atoms with Gasteiger partial charge >= 0.3 is 0 Å². The number of benzene rings is 1. The number of aryl methyl sites for hydroxylation is 2. The topological polar surface area (TPSA) is 84.7 Å². The van der Waals surface area contributed by atoms with Crippen LogP contribution in [0.2, 0.25) is 0 Å². The molecule has 176 valence electrons. The van der Waals surface area contributed by atoms with Gasteiger partial charge in [0.25, 0.3) is 5.91 Å². The first kappa shape index (κ1) is 23.6. The van der Waals surface area contributed by atoms with E-state index in [0.29, 0.717) is 44.8 Å². The number of ether oxygens (including phenoxy) is 1. The fourth-order valence-corrected chi connectivity index (χ4v) is 6.09. The van der Waals surface area contributed by atoms with Gasteiger partial charge in [0, 0.05) is 55.2 Å². The van der Waals surface area contributed by atoms with Gasteiger partial charge in [0.1, 0.15) is 0 Å². The minimum Gasteiger partial charge on any atom is -0.379 e. The minimum absolute atomic E-state index is 0.136. The lowest BCUT2D eigenvalue weighted by molar-refractivity contribution is 0.0730. The summed E-state index contributed by atoms with van der Waals surface area (Å²) in [5, 5.41) is 4.16. The van der Waals surface area contributed by atoms with Crippen molar-refractivity contribution in [3.63, 3.8) is 0 Å². The zero-order chi connectivity index (χ0) is 23.6. The number of sulfonamides is 1. The highest BCUT2D eigenvalue weighted by molar-refractivity contribution is 7.89. The zero-order valence-electron chi connectivity index (χ0n) is 19.0. The second kappa shape index (κ2) is 9.76. The molecular weight excluding hydrogens is 460 g/mol. The first-order valence-corrected chi connectivity index (χ1v) is 13.0. The molecule has 3 aromatic rings. The van der Waals surface area contributed by atoms with Gasteiger partial charge in [-0.2, -0.15) is 9.40 Å². The van der Waals surface area contributed by atoms with E-state index in [-0.39, 0.29) is 10.8 Å². The maximum atomic E-state index is 13.4. The highest BCUT2D eigenvalue weighted by atomic mass is 32.2. The minimum atomic E-state index is -3.74. The van der Waals surface area contributed by atoms with Crippen molar-refractivity contribution >= 4 is 27.3 Å². The molecule has 0 radical (unpaired) electrons. The van der Waals surface area contributed by atoms with E-state index in [2.05, 4.69) is 5.10 Å². The van der Waals surface area contributed by atoms with Crippen molar-refractivity contribution in [1.29, 1.82) is 0 Å². The van der Waals surface area contributed by atoms with Crippen LogP contribution in [0.4, 0.5) is 0 Å². The third-order valence-corrected chi connectivity index (χ3v) is 8.55. The van der Waals surface area contributed by atoms with Gasteiger partial charge in [-0.05, 0) is 54.8 Å². The molecule has 0 bridgehead atoms. The van der Waals surface area contributed by atoms with Gasteiger partial charge in [-0.15, -0.1) is 11.3 Å². The van der Waals surface area contributed by atoms with Crippen molar-refractivity contribution in [3.8, 4) is 10.4 Å². The molecular formula is C23H28N4O4S2. The number of hydrogen-bond acceptors (Lipinski definition) is 6. The van der Waals surface area contributed by atoms with E-state index < -0.39 is 10.0 Å². The van der Waals surface area contributed by atoms with Crippen molar-refractivity contribution in [2.24, 2.45) is 7.05 Å². The Labute approximate surface area is 198 Å². The molecule has 0 saturated carbocycles. The van der Waals surface area contributed by atoms with Gasteiger partial charge in [-0.25, -0.2) is 8.42 Å². The van der Waals surface area contributed by atoms with Gasteiger partial charge in [0.15, 0.2) is 0 Å². The molecule has 10 heteroatoms. The summed E-state index contributed by atoms with van der Waals surface area (Å²) in [6.45, 7) is 3.84. The van der Waals surface area contributed by atoms with Crippen LogP contribution < -0.4 is 0 Å². The number of nitrogens with zero attached hydrogens (tertiary/aromatic N) is 4. The lowest BCUT2D eigenvalue weighted by Crippen LogP contribution is -2.40. The zero-order valence-corrected chi connectivity index (χ0v) is 20.7. The quantitative estimate of drug-likeness (QED) is 0.511. The first-order valence-electron chi connectivity index (χ1n) is 10.8. The second-order valence-corrected chi connectivity index (χ2v) is 11.4. The lowest BCUT2D eigenvalue weighted by Gasteiger charge is -2.26. The Morgan fingerprint density at radius 2 is 1.97 bits per heavy atom. The van der Waals surface area contributed by atoms with Crippen LogP contribution in [-0.4, -0.2) is 73.2 Å². The van der Waals surface area contributed by atoms with Gasteiger partial charge in [-0.1, -0.05) is 0 Å². The first-order chi connectivity index (χ1) is 15.7. The molecule has 1 aliphatic heterocycles. The van der Waals surface area contributed by atoms with Crippen LogP contribution in [0.1, 0.15) is 20.8 Å². The Morgan fingerprint density at radius 1 is 1.21 bits per heavy atom. The third-order valence-electron chi connectivity index (χ3n) is 5.63. The molecule has 0 unspecified atom stereocenters. The Morgan fingerprint density at radius 3 is 2.61 bits per heavy atom. The summed E-state index contributed by atoms with van der Waals surface area (Å²) in [5.74, 6) is -0.215. The molecule has 0 N–H and O–H groups in total. The summed E-state index contributed by atoms with van der Waals surface area (Å²) in [6.07, 6.45) is 4.37. The maximum absolute atomic E-state index is 13.4. The molecule has 1 saturated heterocycles. The van der Waals surface area contributed by atoms with Crippen molar-refractivity contribution in [2.75, 3.05) is 39.9 Å². The summed E-state index contributed by atoms with van der Waals surface area (Å²) < 4.78 is 35.2. The third kappa shape index (κ3) is 5.35. The monoisotopic (exact) mass is 488 g/mol. The number of aromatic nitrogens is 2. The van der Waals surface area contributed by atoms with E-state index in [1.54, 1.807) is 46.3 Å². The van der Waals surface area contributed by atoms with E-state index >= 15 is 0 Å². The summed E-state index contributed by atoms with van der Waals surface area (Å²) >= 11 is 1.57. The highest BCUT2D eigenvalue weighted by Crippen LogP contribution is 2.32. The van der Waals surface area contributed by atoms with E-state index in [1.165, 1.54) is 10.4 Å². The Hall–Kier alpha value is -2.53. The summed E-state index contributed by atoms with van der Waals surface area (Å²) in [7, 11) is -0.157. The van der Waals surface area contributed by atoms with E-state index in [1.807, 2.05) is 32.3 Å². The smallest absolute Gasteiger partial charge is 0.253 e. The molecule has 0 atom stereocenters. The molecule has 4 rings (SSSR count). The summed E-state index contributed by atoms with van der Waals surface area (Å²) in [4.78, 5) is 17.1. The molecule has 3 heterocycles. The van der Waals surface area contributed by atoms with Crippen molar-refractivity contribution in [2.45, 2.75) is 18.2 Å². The van der Waals surface area contributed by atoms with Crippen LogP contribution in [0.25, 0.3) is 10.4 Å². The lowest BCUT2D eigenvalue weighted by atomic mass is 10.1. The van der Waals surface area contributed by atoms with Gasteiger partial charge in [0.05, 0.1) is 24.3 Å². The van der Waals surface area contributed by atoms with Crippen LogP contribution in [0.15, 0.2) is 47.6 Å². The maximum Gasteiger partial charge on any atom is 0.253 e. The normalized spacial score (nSPS) is 15.0. The molecule has 1 aliphatic rings. The molecule has 33 heavy (non-hydrogen) atoms. The van der Waals surface area contributed by atoms with Crippen LogP contribution >= 0.6 is 11.3 Å². The Balaban J connectivity index is 1.66. The molecule has 1 aromatic carbocycles. The number of hydrogen-bond donors (Lipinski definition) is 0. The number of amides is 1.